The van der Waals surface area contributed by atoms with Crippen molar-refractivity contribution in [1.29, 1.82) is 0 Å². The molecular weight excluding hydrogens is 218 g/mol. The minimum atomic E-state index is 0.567. The minimum Gasteiger partial charge on any atom is -0.216 e. The highest BCUT2D eigenvalue weighted by Gasteiger charge is 1.67. The monoisotopic (exact) mass is 226 g/mol. The van der Waals surface area contributed by atoms with Gasteiger partial charge in [0.05, 0.1) is 6.33 Å². The van der Waals surface area contributed by atoms with Gasteiger partial charge in [-0.2, -0.15) is 0 Å². The molecule has 0 aliphatic heterocycles. The Bertz CT molecular complexity index is 86.5. The first-order valence-electron chi connectivity index (χ1n) is 2.38. The maximum absolute atomic E-state index is 11.2. The molecule has 0 unspecified atom stereocenters. The predicted octanol–water partition coefficient (Wildman–Crippen LogP) is 2.85. The van der Waals surface area contributed by atoms with E-state index in [0.29, 0.717) is 12.8 Å². The molecule has 0 bridgehead atoms. The van der Waals surface area contributed by atoms with Crippen LogP contribution in [0.4, 0.5) is 4.39 Å². The van der Waals surface area contributed by atoms with Gasteiger partial charge in [0.15, 0.2) is 0 Å². The number of alkyl halides is 1. The third-order valence-electron chi connectivity index (χ3n) is 0.617. The molecule has 0 rings (SSSR count). The molecule has 0 atom stereocenters. The van der Waals surface area contributed by atoms with E-state index in [1.807, 2.05) is 12.2 Å². The molecule has 0 radical (unpaired) electrons. The van der Waals surface area contributed by atoms with Crippen LogP contribution < -0.4 is 0 Å². The third kappa shape index (κ3) is 6.14. The lowest BCUT2D eigenvalue weighted by atomic mass is 10.4. The summed E-state index contributed by atoms with van der Waals surface area (Å²) in [6, 6.07) is 0. The summed E-state index contributed by atoms with van der Waals surface area (Å²) in [5.41, 5.74) is 0. The Morgan fingerprint density at radius 3 is 2.50 bits per heavy atom. The van der Waals surface area contributed by atoms with Crippen molar-refractivity contribution >= 4 is 22.6 Å². The van der Waals surface area contributed by atoms with Crippen LogP contribution in [0.3, 0.4) is 0 Å². The van der Waals surface area contributed by atoms with Crippen molar-refractivity contribution in [3.05, 3.63) is 24.6 Å². The van der Waals surface area contributed by atoms with Gasteiger partial charge in [-0.15, -0.1) is 0 Å². The Hall–Kier alpha value is 0.140. The molecule has 0 saturated carbocycles. The van der Waals surface area contributed by atoms with Crippen molar-refractivity contribution in [2.45, 2.75) is 6.42 Å². The molecule has 0 N–H and O–H groups in total. The summed E-state index contributed by atoms with van der Waals surface area (Å²) in [6.07, 6.45) is 6.68. The molecule has 0 heterocycles. The van der Waals surface area contributed by atoms with Gasteiger partial charge >= 0.3 is 0 Å². The van der Waals surface area contributed by atoms with Crippen molar-refractivity contribution in [2.75, 3.05) is 4.43 Å². The number of rotatable bonds is 3. The summed E-state index contributed by atoms with van der Waals surface area (Å²) >= 11 is 2.23. The zero-order valence-corrected chi connectivity index (χ0v) is 6.64. The average molecular weight is 226 g/mol. The van der Waals surface area contributed by atoms with Gasteiger partial charge < -0.3 is 0 Å². The number of hydrogen-bond donors (Lipinski definition) is 0. The SMILES string of the molecule is FC=CCC=CCI. The number of hydrogen-bond acceptors (Lipinski definition) is 0. The second-order valence-corrected chi connectivity index (χ2v) is 2.10. The smallest absolute Gasteiger partial charge is 0.0830 e. The third-order valence-corrected chi connectivity index (χ3v) is 1.13. The van der Waals surface area contributed by atoms with Crippen LogP contribution in [0.25, 0.3) is 0 Å². The summed E-state index contributed by atoms with van der Waals surface area (Å²) in [7, 11) is 0. The average Bonchev–Trinajstić information content (AvgIpc) is 1.81. The second kappa shape index (κ2) is 7.14. The topological polar surface area (TPSA) is 0 Å². The maximum atomic E-state index is 11.2. The van der Waals surface area contributed by atoms with Crippen LogP contribution >= 0.6 is 22.6 Å². The summed E-state index contributed by atoms with van der Waals surface area (Å²) in [6.45, 7) is 0. The van der Waals surface area contributed by atoms with Gasteiger partial charge in [0.25, 0.3) is 0 Å². The van der Waals surface area contributed by atoms with E-state index < -0.39 is 0 Å². The molecule has 0 aromatic heterocycles. The normalized spacial score (nSPS) is 11.8. The van der Waals surface area contributed by atoms with E-state index in [9.17, 15) is 4.39 Å². The Kier molecular flexibility index (Phi) is 7.26. The fourth-order valence-electron chi connectivity index (χ4n) is 0.289. The number of allylic oxidation sites excluding steroid dienone is 3. The molecule has 0 spiro atoms. The van der Waals surface area contributed by atoms with Crippen LogP contribution in [0.1, 0.15) is 6.42 Å². The highest BCUT2D eigenvalue weighted by Crippen LogP contribution is 1.88. The lowest BCUT2D eigenvalue weighted by molar-refractivity contribution is 0.717. The highest BCUT2D eigenvalue weighted by molar-refractivity contribution is 14.1. The van der Waals surface area contributed by atoms with E-state index in [4.69, 9.17) is 0 Å². The van der Waals surface area contributed by atoms with E-state index in [1.165, 1.54) is 6.08 Å². The molecule has 0 aliphatic rings. The molecule has 0 aliphatic carbocycles. The molecule has 2 heteroatoms. The zero-order valence-electron chi connectivity index (χ0n) is 4.48. The summed E-state index contributed by atoms with van der Waals surface area (Å²) in [5.74, 6) is 0. The summed E-state index contributed by atoms with van der Waals surface area (Å²) in [5, 5.41) is 0. The van der Waals surface area contributed by atoms with Crippen LogP contribution in [0.2, 0.25) is 0 Å². The van der Waals surface area contributed by atoms with Gasteiger partial charge in [-0.3, -0.25) is 0 Å². The molecule has 0 amide bonds. The van der Waals surface area contributed by atoms with Gasteiger partial charge in [-0.1, -0.05) is 40.8 Å². The van der Waals surface area contributed by atoms with Gasteiger partial charge in [0, 0.05) is 4.43 Å². The standard InChI is InChI=1S/C6H8FI/c7-5-3-1-2-4-6-8/h2-5H,1,6H2. The van der Waals surface area contributed by atoms with E-state index in [1.54, 1.807) is 0 Å². The van der Waals surface area contributed by atoms with Crippen LogP contribution in [-0.2, 0) is 0 Å². The van der Waals surface area contributed by atoms with Crippen molar-refractivity contribution in [3.8, 4) is 0 Å². The fraction of sp³-hybridized carbons (Fsp3) is 0.333. The van der Waals surface area contributed by atoms with Gasteiger partial charge in [-0.25, -0.2) is 4.39 Å². The zero-order chi connectivity index (χ0) is 6.24. The Balaban J connectivity index is 3.03. The first kappa shape index (κ1) is 8.14. The largest absolute Gasteiger partial charge is 0.216 e. The minimum absolute atomic E-state index is 0.567. The quantitative estimate of drug-likeness (QED) is 0.394. The molecule has 8 heavy (non-hydrogen) atoms. The molecule has 46 valence electrons. The van der Waals surface area contributed by atoms with Crippen molar-refractivity contribution < 1.29 is 4.39 Å². The Morgan fingerprint density at radius 1 is 1.25 bits per heavy atom. The summed E-state index contributed by atoms with van der Waals surface area (Å²) < 4.78 is 12.2. The maximum Gasteiger partial charge on any atom is 0.0830 e. The van der Waals surface area contributed by atoms with E-state index in [0.717, 1.165) is 4.43 Å². The predicted molar refractivity (Wildman–Crippen MR) is 42.9 cm³/mol. The van der Waals surface area contributed by atoms with Crippen molar-refractivity contribution in [1.82, 2.24) is 0 Å². The van der Waals surface area contributed by atoms with E-state index in [-0.39, 0.29) is 0 Å². The molecule has 0 fully saturated rings. The molecule has 0 aromatic rings. The van der Waals surface area contributed by atoms with Crippen LogP contribution in [0.5, 0.6) is 0 Å². The van der Waals surface area contributed by atoms with Crippen LogP contribution in [-0.4, -0.2) is 4.43 Å². The molecule has 0 nitrogen and oxygen atoms in total. The second-order valence-electron chi connectivity index (χ2n) is 1.22. The van der Waals surface area contributed by atoms with Gasteiger partial charge in [0.1, 0.15) is 0 Å². The summed E-state index contributed by atoms with van der Waals surface area (Å²) in [4.78, 5) is 0. The Morgan fingerprint density at radius 2 is 2.00 bits per heavy atom. The molecular formula is C6H8FI. The lowest BCUT2D eigenvalue weighted by Crippen LogP contribution is -1.58. The highest BCUT2D eigenvalue weighted by atomic mass is 127. The van der Waals surface area contributed by atoms with Crippen LogP contribution in [0, 0.1) is 0 Å². The fourth-order valence-corrected chi connectivity index (χ4v) is 0.649. The first-order chi connectivity index (χ1) is 3.91. The van der Waals surface area contributed by atoms with E-state index >= 15 is 0 Å². The van der Waals surface area contributed by atoms with Crippen molar-refractivity contribution in [3.63, 3.8) is 0 Å². The molecule has 0 saturated heterocycles. The molecule has 0 aromatic carbocycles. The first-order valence-corrected chi connectivity index (χ1v) is 3.90. The van der Waals surface area contributed by atoms with Crippen LogP contribution in [0.15, 0.2) is 24.6 Å². The van der Waals surface area contributed by atoms with Crippen molar-refractivity contribution in [2.24, 2.45) is 0 Å². The van der Waals surface area contributed by atoms with Gasteiger partial charge in [0.2, 0.25) is 0 Å². The number of halogens is 2. The van der Waals surface area contributed by atoms with E-state index in [2.05, 4.69) is 22.6 Å². The lowest BCUT2D eigenvalue weighted by Gasteiger charge is -1.75. The Labute approximate surface area is 62.6 Å². The van der Waals surface area contributed by atoms with Gasteiger partial charge in [-0.05, 0) is 6.42 Å².